The standard InChI is InChI=1S/C7H15NO/c1-6(8)4-9-5-7-2-3-7/h6-7H,2-5,8H2,1H3. The molecule has 2 N–H and O–H groups in total. The van der Waals surface area contributed by atoms with Crippen molar-refractivity contribution >= 4 is 0 Å². The Hall–Kier alpha value is -0.0800. The van der Waals surface area contributed by atoms with Gasteiger partial charge in [0.25, 0.3) is 0 Å². The molecule has 1 atom stereocenters. The van der Waals surface area contributed by atoms with Crippen LogP contribution < -0.4 is 5.73 Å². The van der Waals surface area contributed by atoms with E-state index >= 15 is 0 Å². The summed E-state index contributed by atoms with van der Waals surface area (Å²) in [7, 11) is 0. The van der Waals surface area contributed by atoms with Crippen LogP contribution in [0.3, 0.4) is 0 Å². The van der Waals surface area contributed by atoms with Crippen LogP contribution in [0.2, 0.25) is 0 Å². The second kappa shape index (κ2) is 3.18. The van der Waals surface area contributed by atoms with E-state index in [1.807, 2.05) is 6.92 Å². The molecule has 0 aromatic heterocycles. The largest absolute Gasteiger partial charge is 0.380 e. The predicted octanol–water partition coefficient (Wildman–Crippen LogP) is 0.760. The van der Waals surface area contributed by atoms with E-state index in [4.69, 9.17) is 10.5 Å². The molecule has 1 aliphatic rings. The maximum atomic E-state index is 5.47. The van der Waals surface area contributed by atoms with Crippen LogP contribution in [0, 0.1) is 5.92 Å². The summed E-state index contributed by atoms with van der Waals surface area (Å²) in [6, 6.07) is 0.198. The van der Waals surface area contributed by atoms with Crippen molar-refractivity contribution < 1.29 is 4.74 Å². The van der Waals surface area contributed by atoms with Gasteiger partial charge in [-0.05, 0) is 25.7 Å². The third-order valence-electron chi connectivity index (χ3n) is 1.43. The quantitative estimate of drug-likeness (QED) is 0.608. The van der Waals surface area contributed by atoms with Crippen molar-refractivity contribution in [1.82, 2.24) is 0 Å². The van der Waals surface area contributed by atoms with Gasteiger partial charge in [0.1, 0.15) is 0 Å². The molecule has 0 amide bonds. The van der Waals surface area contributed by atoms with Crippen molar-refractivity contribution in [1.29, 1.82) is 0 Å². The SMILES string of the molecule is CC(N)COCC1CC1. The lowest BCUT2D eigenvalue weighted by Crippen LogP contribution is -2.22. The molecule has 1 saturated carbocycles. The van der Waals surface area contributed by atoms with Crippen LogP contribution in [0.4, 0.5) is 0 Å². The fourth-order valence-corrected chi connectivity index (χ4v) is 0.705. The average molecular weight is 129 g/mol. The molecule has 0 saturated heterocycles. The molecule has 0 spiro atoms. The zero-order valence-corrected chi connectivity index (χ0v) is 5.97. The summed E-state index contributed by atoms with van der Waals surface area (Å²) in [6.45, 7) is 3.62. The van der Waals surface area contributed by atoms with E-state index in [1.54, 1.807) is 0 Å². The first kappa shape index (κ1) is 7.03. The fourth-order valence-electron chi connectivity index (χ4n) is 0.705. The lowest BCUT2D eigenvalue weighted by atomic mass is 10.4. The second-order valence-corrected chi connectivity index (χ2v) is 2.96. The first-order valence-electron chi connectivity index (χ1n) is 3.62. The van der Waals surface area contributed by atoms with E-state index in [1.165, 1.54) is 12.8 Å². The van der Waals surface area contributed by atoms with Crippen LogP contribution in [-0.2, 0) is 4.74 Å². The molecule has 2 nitrogen and oxygen atoms in total. The van der Waals surface area contributed by atoms with Gasteiger partial charge in [0.05, 0.1) is 6.61 Å². The van der Waals surface area contributed by atoms with Gasteiger partial charge in [-0.3, -0.25) is 0 Å². The molecule has 1 fully saturated rings. The number of nitrogens with two attached hydrogens (primary N) is 1. The molecule has 0 aromatic rings. The number of hydrogen-bond acceptors (Lipinski definition) is 2. The third-order valence-corrected chi connectivity index (χ3v) is 1.43. The number of rotatable bonds is 4. The van der Waals surface area contributed by atoms with Crippen molar-refractivity contribution in [3.05, 3.63) is 0 Å². The van der Waals surface area contributed by atoms with Crippen molar-refractivity contribution in [2.24, 2.45) is 11.7 Å². The summed E-state index contributed by atoms with van der Waals surface area (Å²) >= 11 is 0. The Morgan fingerprint density at radius 1 is 1.67 bits per heavy atom. The molecule has 9 heavy (non-hydrogen) atoms. The average Bonchev–Trinajstić information content (AvgIpc) is 2.48. The maximum absolute atomic E-state index is 5.47. The highest BCUT2D eigenvalue weighted by molar-refractivity contribution is 4.72. The molecule has 2 heteroatoms. The summed E-state index contributed by atoms with van der Waals surface area (Å²) in [5.41, 5.74) is 5.47. The van der Waals surface area contributed by atoms with Crippen molar-refractivity contribution in [3.8, 4) is 0 Å². The molecule has 54 valence electrons. The number of hydrogen-bond donors (Lipinski definition) is 1. The topological polar surface area (TPSA) is 35.2 Å². The third kappa shape index (κ3) is 3.49. The van der Waals surface area contributed by atoms with Gasteiger partial charge in [0.2, 0.25) is 0 Å². The van der Waals surface area contributed by atoms with E-state index in [9.17, 15) is 0 Å². The first-order valence-corrected chi connectivity index (χ1v) is 3.62. The molecule has 0 heterocycles. The van der Waals surface area contributed by atoms with E-state index in [-0.39, 0.29) is 6.04 Å². The van der Waals surface area contributed by atoms with Gasteiger partial charge < -0.3 is 10.5 Å². The van der Waals surface area contributed by atoms with Gasteiger partial charge in [-0.15, -0.1) is 0 Å². The van der Waals surface area contributed by atoms with E-state index < -0.39 is 0 Å². The summed E-state index contributed by atoms with van der Waals surface area (Å²) in [6.07, 6.45) is 2.72. The molecule has 0 aliphatic heterocycles. The Morgan fingerprint density at radius 2 is 2.33 bits per heavy atom. The van der Waals surface area contributed by atoms with Crippen LogP contribution in [0.15, 0.2) is 0 Å². The van der Waals surface area contributed by atoms with Crippen LogP contribution >= 0.6 is 0 Å². The smallest absolute Gasteiger partial charge is 0.0614 e. The predicted molar refractivity (Wildman–Crippen MR) is 37.2 cm³/mol. The fraction of sp³-hybridized carbons (Fsp3) is 1.00. The van der Waals surface area contributed by atoms with E-state index in [2.05, 4.69) is 0 Å². The highest BCUT2D eigenvalue weighted by Gasteiger charge is 2.20. The lowest BCUT2D eigenvalue weighted by Gasteiger charge is -2.04. The Balaban J connectivity index is 1.81. The zero-order chi connectivity index (χ0) is 6.69. The Morgan fingerprint density at radius 3 is 2.78 bits per heavy atom. The lowest BCUT2D eigenvalue weighted by molar-refractivity contribution is 0.115. The second-order valence-electron chi connectivity index (χ2n) is 2.96. The number of ether oxygens (including phenoxy) is 1. The molecule has 1 rings (SSSR count). The minimum Gasteiger partial charge on any atom is -0.380 e. The first-order chi connectivity index (χ1) is 4.29. The van der Waals surface area contributed by atoms with Crippen molar-refractivity contribution in [3.63, 3.8) is 0 Å². The molecular weight excluding hydrogens is 114 g/mol. The zero-order valence-electron chi connectivity index (χ0n) is 5.97. The normalized spacial score (nSPS) is 22.0. The van der Waals surface area contributed by atoms with Crippen LogP contribution in [0.25, 0.3) is 0 Å². The molecular formula is C7H15NO. The summed E-state index contributed by atoms with van der Waals surface area (Å²) < 4.78 is 5.29. The van der Waals surface area contributed by atoms with E-state index in [0.29, 0.717) is 0 Å². The summed E-state index contributed by atoms with van der Waals surface area (Å²) in [5, 5.41) is 0. The monoisotopic (exact) mass is 129 g/mol. The highest BCUT2D eigenvalue weighted by atomic mass is 16.5. The molecule has 1 aliphatic carbocycles. The van der Waals surface area contributed by atoms with Crippen LogP contribution in [-0.4, -0.2) is 19.3 Å². The molecule has 1 unspecified atom stereocenters. The van der Waals surface area contributed by atoms with Crippen molar-refractivity contribution in [2.45, 2.75) is 25.8 Å². The molecule has 0 radical (unpaired) electrons. The molecule has 0 aromatic carbocycles. The van der Waals surface area contributed by atoms with Gasteiger partial charge in [0.15, 0.2) is 0 Å². The van der Waals surface area contributed by atoms with Gasteiger partial charge in [-0.1, -0.05) is 0 Å². The van der Waals surface area contributed by atoms with Crippen molar-refractivity contribution in [2.75, 3.05) is 13.2 Å². The minimum atomic E-state index is 0.198. The van der Waals surface area contributed by atoms with E-state index in [0.717, 1.165) is 19.1 Å². The Bertz CT molecular complexity index is 77.0. The Kier molecular flexibility index (Phi) is 2.49. The van der Waals surface area contributed by atoms with Gasteiger partial charge in [-0.2, -0.15) is 0 Å². The van der Waals surface area contributed by atoms with Crippen LogP contribution in [0.5, 0.6) is 0 Å². The van der Waals surface area contributed by atoms with Crippen LogP contribution in [0.1, 0.15) is 19.8 Å². The van der Waals surface area contributed by atoms with Gasteiger partial charge >= 0.3 is 0 Å². The maximum Gasteiger partial charge on any atom is 0.0614 e. The highest BCUT2D eigenvalue weighted by Crippen LogP contribution is 2.28. The van der Waals surface area contributed by atoms with Gasteiger partial charge in [0, 0.05) is 12.6 Å². The molecule has 0 bridgehead atoms. The summed E-state index contributed by atoms with van der Waals surface area (Å²) in [4.78, 5) is 0. The summed E-state index contributed by atoms with van der Waals surface area (Å²) in [5.74, 6) is 0.865. The minimum absolute atomic E-state index is 0.198. The Labute approximate surface area is 56.4 Å². The van der Waals surface area contributed by atoms with Gasteiger partial charge in [-0.25, -0.2) is 0 Å².